The summed E-state index contributed by atoms with van der Waals surface area (Å²) in [5.41, 5.74) is 3.17. The third kappa shape index (κ3) is 2.49. The van der Waals surface area contributed by atoms with Gasteiger partial charge in [0.25, 0.3) is 5.56 Å². The van der Waals surface area contributed by atoms with Crippen molar-refractivity contribution in [1.82, 2.24) is 19.1 Å². The maximum absolute atomic E-state index is 13.3. The number of aryl methyl sites for hydroxylation is 1. The van der Waals surface area contributed by atoms with Crippen LogP contribution in [0.5, 0.6) is 0 Å². The van der Waals surface area contributed by atoms with Gasteiger partial charge in [-0.2, -0.15) is 0 Å². The molecule has 4 rings (SSSR count). The maximum Gasteiger partial charge on any atom is 0.278 e. The zero-order valence-corrected chi connectivity index (χ0v) is 15.8. The highest BCUT2D eigenvalue weighted by molar-refractivity contribution is 6.10. The third-order valence-corrected chi connectivity index (χ3v) is 5.62. The van der Waals surface area contributed by atoms with Crippen molar-refractivity contribution in [3.05, 3.63) is 28.9 Å². The number of pyridine rings is 1. The van der Waals surface area contributed by atoms with E-state index in [1.54, 1.807) is 19.6 Å². The molecule has 0 amide bonds. The molecular weight excluding hydrogens is 330 g/mol. The van der Waals surface area contributed by atoms with Crippen molar-refractivity contribution < 1.29 is 4.74 Å². The van der Waals surface area contributed by atoms with Crippen LogP contribution < -0.4 is 10.5 Å². The molecule has 3 aromatic rings. The number of ether oxygens (including phenoxy) is 1. The van der Waals surface area contributed by atoms with E-state index in [2.05, 4.69) is 4.98 Å². The SMILES string of the molecule is COC1CCC(n2cnc3c4c(N(C)C)ccnc4n(C)c3c2=O)CC1. The van der Waals surface area contributed by atoms with Crippen LogP contribution in [-0.4, -0.2) is 46.4 Å². The van der Waals surface area contributed by atoms with Gasteiger partial charge in [-0.15, -0.1) is 0 Å². The van der Waals surface area contributed by atoms with Gasteiger partial charge in [0.1, 0.15) is 16.7 Å². The first-order chi connectivity index (χ1) is 12.5. The molecule has 0 spiro atoms. The van der Waals surface area contributed by atoms with Crippen LogP contribution >= 0.6 is 0 Å². The van der Waals surface area contributed by atoms with Crippen molar-refractivity contribution in [2.75, 3.05) is 26.1 Å². The van der Waals surface area contributed by atoms with Gasteiger partial charge < -0.3 is 14.2 Å². The molecule has 26 heavy (non-hydrogen) atoms. The number of fused-ring (bicyclic) bond motifs is 3. The lowest BCUT2D eigenvalue weighted by atomic mass is 9.93. The normalized spacial score (nSPS) is 20.8. The minimum atomic E-state index is 0.0149. The Morgan fingerprint density at radius 1 is 1.19 bits per heavy atom. The van der Waals surface area contributed by atoms with Crippen molar-refractivity contribution in [3.63, 3.8) is 0 Å². The maximum atomic E-state index is 13.3. The molecule has 1 saturated carbocycles. The van der Waals surface area contributed by atoms with Gasteiger partial charge in [-0.25, -0.2) is 9.97 Å². The summed E-state index contributed by atoms with van der Waals surface area (Å²) in [6, 6.07) is 2.14. The Hall–Kier alpha value is -2.41. The summed E-state index contributed by atoms with van der Waals surface area (Å²) in [6.07, 6.45) is 7.64. The number of methoxy groups -OCH3 is 1. The molecule has 1 fully saturated rings. The first-order valence-electron chi connectivity index (χ1n) is 9.07. The summed E-state index contributed by atoms with van der Waals surface area (Å²) in [5.74, 6) is 0. The Morgan fingerprint density at radius 3 is 2.58 bits per heavy atom. The highest BCUT2D eigenvalue weighted by Crippen LogP contribution is 2.32. The number of anilines is 1. The predicted molar refractivity (Wildman–Crippen MR) is 103 cm³/mol. The van der Waals surface area contributed by atoms with Crippen molar-refractivity contribution in [3.8, 4) is 0 Å². The number of hydrogen-bond donors (Lipinski definition) is 0. The second-order valence-electron chi connectivity index (χ2n) is 7.30. The topological polar surface area (TPSA) is 65.2 Å². The Labute approximate surface area is 152 Å². The van der Waals surface area contributed by atoms with Gasteiger partial charge in [-0.3, -0.25) is 9.36 Å². The van der Waals surface area contributed by atoms with Gasteiger partial charge in [0, 0.05) is 40.5 Å². The number of aromatic nitrogens is 4. The fraction of sp³-hybridized carbons (Fsp3) is 0.526. The van der Waals surface area contributed by atoms with Crippen molar-refractivity contribution >= 4 is 27.8 Å². The fourth-order valence-corrected chi connectivity index (χ4v) is 4.16. The molecule has 3 aromatic heterocycles. The van der Waals surface area contributed by atoms with E-state index in [1.165, 1.54) is 0 Å². The highest BCUT2D eigenvalue weighted by atomic mass is 16.5. The monoisotopic (exact) mass is 355 g/mol. The standard InChI is InChI=1S/C19H25N5O2/c1-22(2)14-9-10-20-18-15(14)16-17(23(18)3)19(25)24(11-21-16)12-5-7-13(26-4)8-6-12/h9-13H,5-8H2,1-4H3. The van der Waals surface area contributed by atoms with E-state index >= 15 is 0 Å². The van der Waals surface area contributed by atoms with Gasteiger partial charge in [-0.05, 0) is 31.7 Å². The van der Waals surface area contributed by atoms with Crippen molar-refractivity contribution in [1.29, 1.82) is 0 Å². The van der Waals surface area contributed by atoms with E-state index in [9.17, 15) is 4.79 Å². The minimum Gasteiger partial charge on any atom is -0.381 e. The van der Waals surface area contributed by atoms with Gasteiger partial charge in [0.2, 0.25) is 0 Å². The summed E-state index contributed by atoms with van der Waals surface area (Å²) in [5, 5.41) is 0.933. The van der Waals surface area contributed by atoms with Crippen molar-refractivity contribution in [2.24, 2.45) is 7.05 Å². The van der Waals surface area contributed by atoms with Crippen LogP contribution in [0.25, 0.3) is 22.1 Å². The Balaban J connectivity index is 1.89. The first-order valence-corrected chi connectivity index (χ1v) is 9.07. The van der Waals surface area contributed by atoms with Crippen LogP contribution in [0.15, 0.2) is 23.4 Å². The van der Waals surface area contributed by atoms with Crippen LogP contribution in [-0.2, 0) is 11.8 Å². The summed E-state index contributed by atoms with van der Waals surface area (Å²) >= 11 is 0. The molecule has 0 N–H and O–H groups in total. The molecule has 7 nitrogen and oxygen atoms in total. The van der Waals surface area contributed by atoms with E-state index in [0.717, 1.165) is 47.9 Å². The van der Waals surface area contributed by atoms with Crippen LogP contribution in [0.1, 0.15) is 31.7 Å². The number of rotatable bonds is 3. The zero-order chi connectivity index (χ0) is 18.4. The average molecular weight is 355 g/mol. The molecule has 0 radical (unpaired) electrons. The largest absolute Gasteiger partial charge is 0.381 e. The molecule has 1 aliphatic carbocycles. The minimum absolute atomic E-state index is 0.0149. The van der Waals surface area contributed by atoms with Crippen LogP contribution in [0.4, 0.5) is 5.69 Å². The molecule has 1 aliphatic rings. The van der Waals surface area contributed by atoms with Gasteiger partial charge in [0.05, 0.1) is 23.5 Å². The van der Waals surface area contributed by atoms with Crippen LogP contribution in [0, 0.1) is 0 Å². The third-order valence-electron chi connectivity index (χ3n) is 5.62. The molecule has 0 bridgehead atoms. The molecule has 0 aliphatic heterocycles. The number of nitrogens with zero attached hydrogens (tertiary/aromatic N) is 5. The lowest BCUT2D eigenvalue weighted by Crippen LogP contribution is -2.30. The Bertz CT molecular complexity index is 1010. The van der Waals surface area contributed by atoms with E-state index in [1.807, 2.05) is 41.2 Å². The van der Waals surface area contributed by atoms with E-state index < -0.39 is 0 Å². The lowest BCUT2D eigenvalue weighted by Gasteiger charge is -2.28. The van der Waals surface area contributed by atoms with Gasteiger partial charge >= 0.3 is 0 Å². The Morgan fingerprint density at radius 2 is 1.92 bits per heavy atom. The average Bonchev–Trinajstić information content (AvgIpc) is 2.95. The lowest BCUT2D eigenvalue weighted by molar-refractivity contribution is 0.0579. The molecule has 0 atom stereocenters. The quantitative estimate of drug-likeness (QED) is 0.722. The molecule has 138 valence electrons. The molecule has 0 aromatic carbocycles. The summed E-state index contributed by atoms with van der Waals surface area (Å²) in [6.45, 7) is 0. The van der Waals surface area contributed by atoms with Gasteiger partial charge in [0.15, 0.2) is 0 Å². The van der Waals surface area contributed by atoms with E-state index in [0.29, 0.717) is 11.6 Å². The van der Waals surface area contributed by atoms with Crippen LogP contribution in [0.2, 0.25) is 0 Å². The van der Waals surface area contributed by atoms with Crippen LogP contribution in [0.3, 0.4) is 0 Å². The second-order valence-corrected chi connectivity index (χ2v) is 7.30. The fourth-order valence-electron chi connectivity index (χ4n) is 4.16. The first kappa shape index (κ1) is 17.0. The smallest absolute Gasteiger partial charge is 0.278 e. The number of hydrogen-bond acceptors (Lipinski definition) is 5. The predicted octanol–water partition coefficient (Wildman–Crippen LogP) is 2.48. The summed E-state index contributed by atoms with van der Waals surface area (Å²) in [7, 11) is 7.63. The summed E-state index contributed by atoms with van der Waals surface area (Å²) < 4.78 is 9.14. The van der Waals surface area contributed by atoms with Gasteiger partial charge in [-0.1, -0.05) is 0 Å². The molecule has 7 heteroatoms. The van der Waals surface area contributed by atoms with E-state index in [-0.39, 0.29) is 11.6 Å². The molecule has 0 unspecified atom stereocenters. The molecular formula is C19H25N5O2. The summed E-state index contributed by atoms with van der Waals surface area (Å²) in [4.78, 5) is 24.5. The van der Waals surface area contributed by atoms with E-state index in [4.69, 9.17) is 9.72 Å². The molecule has 3 heterocycles. The van der Waals surface area contributed by atoms with Crippen molar-refractivity contribution in [2.45, 2.75) is 37.8 Å². The zero-order valence-electron chi connectivity index (χ0n) is 15.8. The Kier molecular flexibility index (Phi) is 4.19. The molecule has 0 saturated heterocycles. The second kappa shape index (κ2) is 6.39. The highest BCUT2D eigenvalue weighted by Gasteiger charge is 2.25.